The lowest BCUT2D eigenvalue weighted by Crippen LogP contribution is -2.28. The number of ether oxygens (including phenoxy) is 1. The van der Waals surface area contributed by atoms with Crippen LogP contribution in [0, 0.1) is 5.92 Å². The summed E-state index contributed by atoms with van der Waals surface area (Å²) in [4.78, 5) is 4.91. The first-order chi connectivity index (χ1) is 16.2. The summed E-state index contributed by atoms with van der Waals surface area (Å²) in [5, 5.41) is 6.92. The highest BCUT2D eigenvalue weighted by Crippen LogP contribution is 2.29. The molecule has 4 heteroatoms. The molecule has 1 fully saturated rings. The van der Waals surface area contributed by atoms with E-state index in [0.717, 1.165) is 36.9 Å². The third kappa shape index (κ3) is 6.91. The zero-order chi connectivity index (χ0) is 22.9. The summed E-state index contributed by atoms with van der Waals surface area (Å²) in [5.41, 5.74) is 4.91. The van der Waals surface area contributed by atoms with E-state index in [1.807, 2.05) is 0 Å². The molecule has 3 nitrogen and oxygen atoms in total. The minimum atomic E-state index is 0.588. The number of nitrogens with one attached hydrogen (secondary N) is 1. The summed E-state index contributed by atoms with van der Waals surface area (Å²) in [6, 6.07) is 17.4. The van der Waals surface area contributed by atoms with E-state index in [1.165, 1.54) is 60.2 Å². The summed E-state index contributed by atoms with van der Waals surface area (Å²) >= 11 is 1.80. The van der Waals surface area contributed by atoms with Gasteiger partial charge >= 0.3 is 0 Å². The number of piperidine rings is 1. The molecule has 0 unspecified atom stereocenters. The molecular weight excluding hydrogens is 424 g/mol. The first-order valence-corrected chi connectivity index (χ1v) is 13.6. The summed E-state index contributed by atoms with van der Waals surface area (Å²) in [6.45, 7) is 7.43. The number of nitrogens with zero attached hydrogens (tertiary/aromatic N) is 1. The van der Waals surface area contributed by atoms with Crippen LogP contribution in [0.15, 0.2) is 53.9 Å². The Morgan fingerprint density at radius 1 is 0.970 bits per heavy atom. The van der Waals surface area contributed by atoms with Gasteiger partial charge in [-0.05, 0) is 73.9 Å². The molecule has 0 radical (unpaired) electrons. The smallest absolute Gasteiger partial charge is 0.119 e. The Morgan fingerprint density at radius 3 is 2.33 bits per heavy atom. The van der Waals surface area contributed by atoms with Crippen LogP contribution in [0.2, 0.25) is 0 Å². The highest BCUT2D eigenvalue weighted by atomic mass is 32.1. The van der Waals surface area contributed by atoms with Crippen molar-refractivity contribution in [1.29, 1.82) is 0 Å². The molecule has 1 saturated heterocycles. The van der Waals surface area contributed by atoms with Crippen molar-refractivity contribution < 1.29 is 4.74 Å². The molecule has 176 valence electrons. The predicted molar refractivity (Wildman–Crippen MR) is 140 cm³/mol. The van der Waals surface area contributed by atoms with E-state index in [0.29, 0.717) is 12.5 Å². The fourth-order valence-electron chi connectivity index (χ4n) is 4.82. The molecule has 1 aromatic heterocycles. The monoisotopic (exact) mass is 462 g/mol. The van der Waals surface area contributed by atoms with Crippen LogP contribution in [0.4, 0.5) is 0 Å². The van der Waals surface area contributed by atoms with Gasteiger partial charge in [0.25, 0.3) is 0 Å². The molecule has 0 bridgehead atoms. The van der Waals surface area contributed by atoms with Gasteiger partial charge in [-0.15, -0.1) is 11.3 Å². The third-order valence-corrected chi connectivity index (χ3v) is 7.63. The number of thiazole rings is 1. The molecule has 2 heterocycles. The van der Waals surface area contributed by atoms with E-state index in [-0.39, 0.29) is 0 Å². The summed E-state index contributed by atoms with van der Waals surface area (Å²) in [6.07, 6.45) is 8.65. The first kappa shape index (κ1) is 24.0. The Labute approximate surface area is 203 Å². The summed E-state index contributed by atoms with van der Waals surface area (Å²) in [5.74, 6) is 2.40. The van der Waals surface area contributed by atoms with Crippen molar-refractivity contribution in [3.8, 4) is 17.0 Å². The zero-order valence-corrected chi connectivity index (χ0v) is 21.0. The van der Waals surface area contributed by atoms with Gasteiger partial charge in [0, 0.05) is 17.4 Å². The number of hydrogen-bond donors (Lipinski definition) is 1. The van der Waals surface area contributed by atoms with Crippen LogP contribution >= 0.6 is 11.3 Å². The minimum absolute atomic E-state index is 0.588. The van der Waals surface area contributed by atoms with Gasteiger partial charge in [0.05, 0.1) is 10.7 Å². The molecule has 3 aromatic rings. The van der Waals surface area contributed by atoms with E-state index in [4.69, 9.17) is 9.72 Å². The molecule has 0 saturated carbocycles. The molecule has 4 rings (SSSR count). The normalized spacial score (nSPS) is 14.6. The lowest BCUT2D eigenvalue weighted by Gasteiger charge is -2.21. The molecule has 0 atom stereocenters. The lowest BCUT2D eigenvalue weighted by atomic mass is 9.90. The van der Waals surface area contributed by atoms with Gasteiger partial charge in [-0.2, -0.15) is 0 Å². The van der Waals surface area contributed by atoms with E-state index in [2.05, 4.69) is 73.1 Å². The second-order valence-electron chi connectivity index (χ2n) is 9.35. The molecule has 2 aromatic carbocycles. The Hall–Kier alpha value is -2.17. The predicted octanol–water partition coefficient (Wildman–Crippen LogP) is 7.62. The average molecular weight is 463 g/mol. The van der Waals surface area contributed by atoms with Crippen LogP contribution < -0.4 is 10.1 Å². The molecule has 0 amide bonds. The van der Waals surface area contributed by atoms with Crippen molar-refractivity contribution in [2.75, 3.05) is 13.1 Å². The highest BCUT2D eigenvalue weighted by molar-refractivity contribution is 7.09. The van der Waals surface area contributed by atoms with E-state index in [1.54, 1.807) is 11.3 Å². The van der Waals surface area contributed by atoms with Gasteiger partial charge in [0.15, 0.2) is 0 Å². The number of benzene rings is 2. The molecule has 1 aliphatic rings. The van der Waals surface area contributed by atoms with E-state index >= 15 is 0 Å². The van der Waals surface area contributed by atoms with Crippen LogP contribution in [-0.4, -0.2) is 18.1 Å². The average Bonchev–Trinajstić information content (AvgIpc) is 3.32. The second kappa shape index (κ2) is 12.3. The Morgan fingerprint density at radius 2 is 1.67 bits per heavy atom. The third-order valence-electron chi connectivity index (χ3n) is 6.75. The maximum absolute atomic E-state index is 6.06. The standard InChI is InChI=1S/C29H38N2OS/c1-3-5-24(6-4-2)25-11-13-27(14-12-25)32-20-23-7-9-26(10-8-23)28-21-33-29(31-28)19-22-15-17-30-18-16-22/h7-14,21-22,24,30H,3-6,15-20H2,1-2H3. The van der Waals surface area contributed by atoms with E-state index in [9.17, 15) is 0 Å². The van der Waals surface area contributed by atoms with Gasteiger partial charge in [0.2, 0.25) is 0 Å². The fourth-order valence-corrected chi connectivity index (χ4v) is 5.74. The number of hydrogen-bond acceptors (Lipinski definition) is 4. The topological polar surface area (TPSA) is 34.1 Å². The maximum Gasteiger partial charge on any atom is 0.119 e. The molecule has 0 aliphatic carbocycles. The van der Waals surface area contributed by atoms with Crippen LogP contribution in [0.5, 0.6) is 5.75 Å². The molecule has 0 spiro atoms. The number of rotatable bonds is 11. The van der Waals surface area contributed by atoms with Crippen LogP contribution in [0.25, 0.3) is 11.3 Å². The highest BCUT2D eigenvalue weighted by Gasteiger charge is 2.16. The lowest BCUT2D eigenvalue weighted by molar-refractivity contribution is 0.306. The van der Waals surface area contributed by atoms with Gasteiger partial charge in [-0.1, -0.05) is 63.1 Å². The van der Waals surface area contributed by atoms with E-state index < -0.39 is 0 Å². The molecule has 33 heavy (non-hydrogen) atoms. The zero-order valence-electron chi connectivity index (χ0n) is 20.2. The van der Waals surface area contributed by atoms with Crippen LogP contribution in [-0.2, 0) is 13.0 Å². The maximum atomic E-state index is 6.06. The van der Waals surface area contributed by atoms with Crippen molar-refractivity contribution in [1.82, 2.24) is 10.3 Å². The second-order valence-corrected chi connectivity index (χ2v) is 10.3. The van der Waals surface area contributed by atoms with Gasteiger partial charge < -0.3 is 10.1 Å². The Balaban J connectivity index is 1.30. The molecular formula is C29H38N2OS. The van der Waals surface area contributed by atoms with Crippen molar-refractivity contribution in [2.24, 2.45) is 5.92 Å². The van der Waals surface area contributed by atoms with Crippen molar-refractivity contribution in [3.63, 3.8) is 0 Å². The van der Waals surface area contributed by atoms with Crippen molar-refractivity contribution in [2.45, 2.75) is 71.3 Å². The molecule has 1 aliphatic heterocycles. The SMILES string of the molecule is CCCC(CCC)c1ccc(OCc2ccc(-c3csc(CC4CCNCC4)n3)cc2)cc1. The van der Waals surface area contributed by atoms with Gasteiger partial charge in [0.1, 0.15) is 12.4 Å². The summed E-state index contributed by atoms with van der Waals surface area (Å²) in [7, 11) is 0. The Kier molecular flexibility index (Phi) is 8.96. The van der Waals surface area contributed by atoms with Crippen molar-refractivity contribution in [3.05, 3.63) is 70.0 Å². The van der Waals surface area contributed by atoms with Crippen molar-refractivity contribution >= 4 is 11.3 Å². The minimum Gasteiger partial charge on any atom is -0.489 e. The fraction of sp³-hybridized carbons (Fsp3) is 0.483. The van der Waals surface area contributed by atoms with Crippen LogP contribution in [0.3, 0.4) is 0 Å². The first-order valence-electron chi connectivity index (χ1n) is 12.7. The quantitative estimate of drug-likeness (QED) is 0.318. The Bertz CT molecular complexity index is 952. The van der Waals surface area contributed by atoms with Crippen LogP contribution in [0.1, 0.15) is 74.4 Å². The molecule has 1 N–H and O–H groups in total. The largest absolute Gasteiger partial charge is 0.489 e. The van der Waals surface area contributed by atoms with Gasteiger partial charge in [-0.25, -0.2) is 4.98 Å². The van der Waals surface area contributed by atoms with Gasteiger partial charge in [-0.3, -0.25) is 0 Å². The summed E-state index contributed by atoms with van der Waals surface area (Å²) < 4.78 is 6.06. The number of aromatic nitrogens is 1.